The fourth-order valence-electron chi connectivity index (χ4n) is 7.05. The summed E-state index contributed by atoms with van der Waals surface area (Å²) in [5, 5.41) is 23.3. The molecular weight excluding hydrogens is 511 g/mol. The van der Waals surface area contributed by atoms with Crippen molar-refractivity contribution < 1.29 is 37.6 Å². The van der Waals surface area contributed by atoms with E-state index in [0.29, 0.717) is 68.9 Å². The number of fused-ring (bicyclic) bond motifs is 4. The molecule has 4 atom stereocenters. The molecule has 39 heavy (non-hydrogen) atoms. The van der Waals surface area contributed by atoms with Gasteiger partial charge in [-0.3, -0.25) is 4.98 Å². The molecule has 4 unspecified atom stereocenters. The summed E-state index contributed by atoms with van der Waals surface area (Å²) in [4.78, 5) is 5.14. The summed E-state index contributed by atoms with van der Waals surface area (Å²) in [7, 11) is 0. The summed E-state index contributed by atoms with van der Waals surface area (Å²) < 4.78 is 58.4. The van der Waals surface area contributed by atoms with Crippen LogP contribution in [0.5, 0.6) is 0 Å². The number of ether oxygens (including phenoxy) is 3. The normalized spacial score (nSPS) is 30.8. The van der Waals surface area contributed by atoms with Gasteiger partial charge in [0.05, 0.1) is 28.7 Å². The second-order valence-electron chi connectivity index (χ2n) is 11.8. The van der Waals surface area contributed by atoms with Crippen molar-refractivity contribution in [3.05, 3.63) is 63.5 Å². The number of hydrogen-bond donors (Lipinski definition) is 2. The molecule has 2 N–H and O–H groups in total. The molecule has 1 aromatic heterocycles. The van der Waals surface area contributed by atoms with E-state index in [-0.39, 0.29) is 5.92 Å². The number of aromatic nitrogens is 1. The standard InChI is InChI=1S/C30H36F3NO5/c1-3-28(2)16-20(35)21-23-22(24(34-25(21)27(28)36)17-8-12-37-13-9-17)26(39-29(23)10-14-38-15-11-29)18-4-6-19(7-5-18)30(31,32)33/h4-7,17,20,26-27,35-36H,3,8-16H2,1-2H3. The topological polar surface area (TPSA) is 81.0 Å². The molecule has 4 heterocycles. The quantitative estimate of drug-likeness (QED) is 0.490. The second kappa shape index (κ2) is 9.80. The first-order valence-corrected chi connectivity index (χ1v) is 14.0. The van der Waals surface area contributed by atoms with Gasteiger partial charge in [0.25, 0.3) is 0 Å². The molecule has 2 fully saturated rings. The Morgan fingerprint density at radius 1 is 0.949 bits per heavy atom. The lowest BCUT2D eigenvalue weighted by atomic mass is 9.66. The van der Waals surface area contributed by atoms with Gasteiger partial charge in [-0.2, -0.15) is 13.2 Å². The predicted molar refractivity (Wildman–Crippen MR) is 136 cm³/mol. The van der Waals surface area contributed by atoms with E-state index in [9.17, 15) is 23.4 Å². The lowest BCUT2D eigenvalue weighted by Crippen LogP contribution is -2.39. The van der Waals surface area contributed by atoms with E-state index in [1.165, 1.54) is 12.1 Å². The average molecular weight is 548 g/mol. The molecule has 0 radical (unpaired) electrons. The van der Waals surface area contributed by atoms with Crippen LogP contribution in [0.3, 0.4) is 0 Å². The monoisotopic (exact) mass is 547 g/mol. The summed E-state index contributed by atoms with van der Waals surface area (Å²) in [5.41, 5.74) is 2.26. The van der Waals surface area contributed by atoms with Gasteiger partial charge in [-0.25, -0.2) is 0 Å². The molecule has 212 valence electrons. The molecule has 1 spiro atoms. The van der Waals surface area contributed by atoms with Crippen molar-refractivity contribution in [2.24, 2.45) is 5.41 Å². The third kappa shape index (κ3) is 4.41. The third-order valence-corrected chi connectivity index (χ3v) is 9.56. The first-order valence-electron chi connectivity index (χ1n) is 14.0. The van der Waals surface area contributed by atoms with E-state index in [1.807, 2.05) is 13.8 Å². The summed E-state index contributed by atoms with van der Waals surface area (Å²) >= 11 is 0. The Bertz CT molecular complexity index is 1220. The van der Waals surface area contributed by atoms with Gasteiger partial charge in [-0.05, 0) is 48.9 Å². The van der Waals surface area contributed by atoms with Crippen molar-refractivity contribution in [1.82, 2.24) is 4.98 Å². The molecule has 0 bridgehead atoms. The minimum atomic E-state index is -4.44. The van der Waals surface area contributed by atoms with E-state index in [2.05, 4.69) is 0 Å². The van der Waals surface area contributed by atoms with Crippen LogP contribution in [0.25, 0.3) is 0 Å². The number of benzene rings is 1. The van der Waals surface area contributed by atoms with Crippen LogP contribution in [0.2, 0.25) is 0 Å². The molecule has 6 rings (SSSR count). The maximum atomic E-state index is 13.4. The number of aliphatic hydroxyl groups excluding tert-OH is 2. The van der Waals surface area contributed by atoms with Crippen LogP contribution in [0.1, 0.15) is 116 Å². The van der Waals surface area contributed by atoms with Crippen molar-refractivity contribution in [1.29, 1.82) is 0 Å². The van der Waals surface area contributed by atoms with E-state index < -0.39 is 41.1 Å². The molecule has 4 aliphatic rings. The summed E-state index contributed by atoms with van der Waals surface area (Å²) in [5.74, 6) is 0.0486. The number of hydrogen-bond acceptors (Lipinski definition) is 6. The Labute approximate surface area is 226 Å². The van der Waals surface area contributed by atoms with E-state index in [1.54, 1.807) is 0 Å². The molecule has 1 aliphatic carbocycles. The number of alkyl halides is 3. The van der Waals surface area contributed by atoms with Crippen molar-refractivity contribution in [3.8, 4) is 0 Å². The van der Waals surface area contributed by atoms with E-state index in [4.69, 9.17) is 19.2 Å². The van der Waals surface area contributed by atoms with Gasteiger partial charge >= 0.3 is 6.18 Å². The fourth-order valence-corrected chi connectivity index (χ4v) is 7.05. The first-order chi connectivity index (χ1) is 18.6. The third-order valence-electron chi connectivity index (χ3n) is 9.56. The number of nitrogens with zero attached hydrogens (tertiary/aromatic N) is 1. The summed E-state index contributed by atoms with van der Waals surface area (Å²) in [6.45, 7) is 6.10. The summed E-state index contributed by atoms with van der Waals surface area (Å²) in [6.07, 6.45) is -3.10. The molecule has 2 aromatic rings. The summed E-state index contributed by atoms with van der Waals surface area (Å²) in [6, 6.07) is 5.17. The van der Waals surface area contributed by atoms with Gasteiger partial charge in [0.2, 0.25) is 0 Å². The minimum absolute atomic E-state index is 0.0486. The average Bonchev–Trinajstić information content (AvgIpc) is 3.25. The number of pyridine rings is 1. The smallest absolute Gasteiger partial charge is 0.388 e. The van der Waals surface area contributed by atoms with Crippen LogP contribution >= 0.6 is 0 Å². The largest absolute Gasteiger partial charge is 0.416 e. The Morgan fingerprint density at radius 3 is 2.21 bits per heavy atom. The van der Waals surface area contributed by atoms with Crippen LogP contribution in [0.15, 0.2) is 24.3 Å². The van der Waals surface area contributed by atoms with Crippen LogP contribution < -0.4 is 0 Å². The maximum Gasteiger partial charge on any atom is 0.416 e. The van der Waals surface area contributed by atoms with Crippen molar-refractivity contribution >= 4 is 0 Å². The fraction of sp³-hybridized carbons (Fsp3) is 0.633. The molecular formula is C30H36F3NO5. The molecule has 2 saturated heterocycles. The van der Waals surface area contributed by atoms with E-state index >= 15 is 0 Å². The lowest BCUT2D eigenvalue weighted by molar-refractivity contribution is -0.137. The SMILES string of the molecule is CCC1(C)CC(O)c2c(nc(C3CCOCC3)c3c2C2(CCOCC2)OC3c2ccc(C(F)(F)F)cc2)C1O. The molecule has 0 saturated carbocycles. The Hall–Kier alpha value is -2.04. The van der Waals surface area contributed by atoms with Crippen molar-refractivity contribution in [2.45, 2.75) is 88.4 Å². The Morgan fingerprint density at radius 2 is 1.59 bits per heavy atom. The maximum absolute atomic E-state index is 13.4. The zero-order valence-electron chi connectivity index (χ0n) is 22.4. The molecule has 6 nitrogen and oxygen atoms in total. The van der Waals surface area contributed by atoms with Crippen LogP contribution in [0.4, 0.5) is 13.2 Å². The molecule has 0 amide bonds. The number of halogens is 3. The number of aliphatic hydroxyl groups is 2. The number of rotatable bonds is 3. The minimum Gasteiger partial charge on any atom is -0.388 e. The van der Waals surface area contributed by atoms with Crippen LogP contribution in [-0.2, 0) is 26.0 Å². The molecule has 9 heteroatoms. The van der Waals surface area contributed by atoms with Crippen molar-refractivity contribution in [2.75, 3.05) is 26.4 Å². The van der Waals surface area contributed by atoms with Gasteiger partial charge in [0.15, 0.2) is 0 Å². The highest BCUT2D eigenvalue weighted by Gasteiger charge is 2.54. The highest BCUT2D eigenvalue weighted by atomic mass is 19.4. The van der Waals surface area contributed by atoms with Crippen LogP contribution in [0, 0.1) is 5.41 Å². The van der Waals surface area contributed by atoms with Crippen LogP contribution in [-0.4, -0.2) is 41.6 Å². The highest BCUT2D eigenvalue weighted by molar-refractivity contribution is 5.55. The zero-order chi connectivity index (χ0) is 27.6. The molecule has 1 aromatic carbocycles. The molecule has 3 aliphatic heterocycles. The highest BCUT2D eigenvalue weighted by Crippen LogP contribution is 2.60. The second-order valence-corrected chi connectivity index (χ2v) is 11.8. The van der Waals surface area contributed by atoms with Gasteiger partial charge in [-0.15, -0.1) is 0 Å². The van der Waals surface area contributed by atoms with E-state index in [0.717, 1.165) is 41.8 Å². The predicted octanol–water partition coefficient (Wildman–Crippen LogP) is 6.01. The Kier molecular flexibility index (Phi) is 6.82. The van der Waals surface area contributed by atoms with Gasteiger partial charge in [-0.1, -0.05) is 26.0 Å². The van der Waals surface area contributed by atoms with Crippen molar-refractivity contribution in [3.63, 3.8) is 0 Å². The van der Waals surface area contributed by atoms with Gasteiger partial charge in [0, 0.05) is 61.7 Å². The first kappa shape index (κ1) is 27.1. The lowest BCUT2D eigenvalue weighted by Gasteiger charge is -2.44. The van der Waals surface area contributed by atoms with Gasteiger partial charge < -0.3 is 24.4 Å². The zero-order valence-corrected chi connectivity index (χ0v) is 22.4. The van der Waals surface area contributed by atoms with Gasteiger partial charge in [0.1, 0.15) is 12.2 Å². The Balaban J connectivity index is 1.60.